The molecule has 0 aliphatic carbocycles. The van der Waals surface area contributed by atoms with Crippen LogP contribution in [0.3, 0.4) is 0 Å². The normalized spacial score (nSPS) is 9.74. The van der Waals surface area contributed by atoms with Crippen molar-refractivity contribution in [3.8, 4) is 6.07 Å². The topological polar surface area (TPSA) is 78.3 Å². The summed E-state index contributed by atoms with van der Waals surface area (Å²) in [5, 5.41) is 11.6. The highest BCUT2D eigenvalue weighted by Gasteiger charge is 2.18. The van der Waals surface area contributed by atoms with Crippen LogP contribution in [0, 0.1) is 11.3 Å². The third kappa shape index (κ3) is 4.23. The van der Waals surface area contributed by atoms with Crippen molar-refractivity contribution in [3.05, 3.63) is 24.0 Å². The van der Waals surface area contributed by atoms with Gasteiger partial charge < -0.3 is 15.0 Å². The van der Waals surface area contributed by atoms with Crippen LogP contribution in [0.5, 0.6) is 0 Å². The minimum Gasteiger partial charge on any atom is -0.387 e. The number of anilines is 1. The van der Waals surface area contributed by atoms with Gasteiger partial charge in [0, 0.05) is 45.3 Å². The maximum absolute atomic E-state index is 12.4. The van der Waals surface area contributed by atoms with Crippen LogP contribution in [0.1, 0.15) is 16.8 Å². The Hall–Kier alpha value is -2.13. The van der Waals surface area contributed by atoms with Crippen LogP contribution in [0.15, 0.2) is 18.5 Å². The third-order valence-corrected chi connectivity index (χ3v) is 2.67. The fraction of sp³-hybridized carbons (Fsp3) is 0.462. The summed E-state index contributed by atoms with van der Waals surface area (Å²) in [4.78, 5) is 18.0. The van der Waals surface area contributed by atoms with E-state index in [4.69, 9.17) is 10.00 Å². The Labute approximate surface area is 113 Å². The van der Waals surface area contributed by atoms with Crippen molar-refractivity contribution in [2.45, 2.75) is 6.42 Å². The molecule has 0 spiro atoms. The number of ether oxygens (including phenoxy) is 1. The molecule has 0 fully saturated rings. The van der Waals surface area contributed by atoms with E-state index in [9.17, 15) is 4.79 Å². The summed E-state index contributed by atoms with van der Waals surface area (Å²) >= 11 is 0. The molecule has 0 saturated carbocycles. The second-order valence-corrected chi connectivity index (χ2v) is 3.86. The molecule has 0 saturated heterocycles. The van der Waals surface area contributed by atoms with Gasteiger partial charge in [-0.1, -0.05) is 0 Å². The van der Waals surface area contributed by atoms with Gasteiger partial charge in [0.05, 0.1) is 24.7 Å². The molecule has 1 rings (SSSR count). The summed E-state index contributed by atoms with van der Waals surface area (Å²) in [5.74, 6) is -0.148. The number of hydrogen-bond donors (Lipinski definition) is 1. The predicted molar refractivity (Wildman–Crippen MR) is 71.8 cm³/mol. The number of rotatable bonds is 7. The van der Waals surface area contributed by atoms with Gasteiger partial charge in [-0.15, -0.1) is 0 Å². The standard InChI is InChI=1S/C13H18N4O2/c1-15-12-4-6-16-10-11(12)13(18)17(7-3-5-14)8-9-19-2/h4,6,10H,3,7-9H2,1-2H3,(H,15,16). The second kappa shape index (κ2) is 8.06. The van der Waals surface area contributed by atoms with E-state index in [-0.39, 0.29) is 5.91 Å². The lowest BCUT2D eigenvalue weighted by Crippen LogP contribution is -2.35. The van der Waals surface area contributed by atoms with Gasteiger partial charge >= 0.3 is 0 Å². The van der Waals surface area contributed by atoms with E-state index in [2.05, 4.69) is 10.3 Å². The number of nitrogens with zero attached hydrogens (tertiary/aromatic N) is 3. The SMILES string of the molecule is CNc1ccncc1C(=O)N(CCC#N)CCOC. The number of amides is 1. The Morgan fingerprint density at radius 2 is 2.37 bits per heavy atom. The zero-order chi connectivity index (χ0) is 14.1. The van der Waals surface area contributed by atoms with Gasteiger partial charge in [0.25, 0.3) is 5.91 Å². The molecule has 1 aromatic heterocycles. The van der Waals surface area contributed by atoms with Crippen molar-refractivity contribution in [1.82, 2.24) is 9.88 Å². The van der Waals surface area contributed by atoms with Gasteiger partial charge in [0.1, 0.15) is 0 Å². The number of nitrogens with one attached hydrogen (secondary N) is 1. The van der Waals surface area contributed by atoms with Crippen LogP contribution in [-0.2, 0) is 4.74 Å². The zero-order valence-corrected chi connectivity index (χ0v) is 11.2. The Bertz CT molecular complexity index is 456. The Morgan fingerprint density at radius 1 is 1.58 bits per heavy atom. The summed E-state index contributed by atoms with van der Waals surface area (Å²) < 4.78 is 4.99. The minimum absolute atomic E-state index is 0.148. The van der Waals surface area contributed by atoms with Gasteiger partial charge in [-0.05, 0) is 6.07 Å². The molecule has 0 aliphatic heterocycles. The van der Waals surface area contributed by atoms with E-state index in [1.165, 1.54) is 6.20 Å². The average molecular weight is 262 g/mol. The van der Waals surface area contributed by atoms with E-state index >= 15 is 0 Å². The van der Waals surface area contributed by atoms with E-state index < -0.39 is 0 Å². The van der Waals surface area contributed by atoms with Crippen molar-refractivity contribution < 1.29 is 9.53 Å². The smallest absolute Gasteiger partial charge is 0.257 e. The summed E-state index contributed by atoms with van der Waals surface area (Å²) in [5.41, 5.74) is 1.22. The van der Waals surface area contributed by atoms with Crippen molar-refractivity contribution >= 4 is 11.6 Å². The van der Waals surface area contributed by atoms with E-state index in [1.54, 1.807) is 31.3 Å². The van der Waals surface area contributed by atoms with Crippen molar-refractivity contribution in [2.75, 3.05) is 39.2 Å². The van der Waals surface area contributed by atoms with Crippen LogP contribution >= 0.6 is 0 Å². The van der Waals surface area contributed by atoms with Gasteiger partial charge in [-0.2, -0.15) is 5.26 Å². The van der Waals surface area contributed by atoms with Gasteiger partial charge in [-0.25, -0.2) is 0 Å². The van der Waals surface area contributed by atoms with Crippen molar-refractivity contribution in [1.29, 1.82) is 5.26 Å². The van der Waals surface area contributed by atoms with E-state index in [1.807, 2.05) is 6.07 Å². The molecular formula is C13H18N4O2. The van der Waals surface area contributed by atoms with Gasteiger partial charge in [0.2, 0.25) is 0 Å². The van der Waals surface area contributed by atoms with Crippen LogP contribution in [0.25, 0.3) is 0 Å². The second-order valence-electron chi connectivity index (χ2n) is 3.86. The average Bonchev–Trinajstić information content (AvgIpc) is 2.46. The summed E-state index contributed by atoms with van der Waals surface area (Å²) in [6.07, 6.45) is 3.45. The molecule has 0 unspecified atom stereocenters. The molecule has 6 heteroatoms. The Balaban J connectivity index is 2.88. The van der Waals surface area contributed by atoms with Crippen LogP contribution < -0.4 is 5.32 Å². The highest BCUT2D eigenvalue weighted by molar-refractivity contribution is 5.99. The first-order valence-corrected chi connectivity index (χ1v) is 6.01. The first kappa shape index (κ1) is 14.9. The number of carbonyl (C=O) groups excluding carboxylic acids is 1. The first-order chi connectivity index (χ1) is 9.24. The van der Waals surface area contributed by atoms with Crippen LogP contribution in [0.2, 0.25) is 0 Å². The predicted octanol–water partition coefficient (Wildman–Crippen LogP) is 1.13. The molecule has 0 atom stereocenters. The molecule has 1 amide bonds. The van der Waals surface area contributed by atoms with Crippen LogP contribution in [0.4, 0.5) is 5.69 Å². The van der Waals surface area contributed by atoms with Crippen molar-refractivity contribution in [2.24, 2.45) is 0 Å². The summed E-state index contributed by atoms with van der Waals surface area (Å²) in [7, 11) is 3.33. The lowest BCUT2D eigenvalue weighted by atomic mass is 10.2. The van der Waals surface area contributed by atoms with E-state index in [0.717, 1.165) is 5.69 Å². The zero-order valence-electron chi connectivity index (χ0n) is 11.2. The molecule has 6 nitrogen and oxygen atoms in total. The maximum Gasteiger partial charge on any atom is 0.257 e. The van der Waals surface area contributed by atoms with Gasteiger partial charge in [0.15, 0.2) is 0 Å². The molecule has 0 aliphatic rings. The molecular weight excluding hydrogens is 244 g/mol. The Kier molecular flexibility index (Phi) is 6.33. The highest BCUT2D eigenvalue weighted by atomic mass is 16.5. The molecule has 0 bridgehead atoms. The summed E-state index contributed by atoms with van der Waals surface area (Å²) in [6, 6.07) is 3.79. The molecule has 102 valence electrons. The molecule has 1 heterocycles. The number of carbonyl (C=O) groups is 1. The monoisotopic (exact) mass is 262 g/mol. The number of pyridine rings is 1. The third-order valence-electron chi connectivity index (χ3n) is 2.67. The molecule has 1 aromatic rings. The quantitative estimate of drug-likeness (QED) is 0.796. The molecule has 19 heavy (non-hydrogen) atoms. The summed E-state index contributed by atoms with van der Waals surface area (Å²) in [6.45, 7) is 1.28. The fourth-order valence-corrected chi connectivity index (χ4v) is 1.65. The fourth-order valence-electron chi connectivity index (χ4n) is 1.65. The molecule has 0 aromatic carbocycles. The lowest BCUT2D eigenvalue weighted by molar-refractivity contribution is 0.0700. The largest absolute Gasteiger partial charge is 0.387 e. The van der Waals surface area contributed by atoms with Crippen molar-refractivity contribution in [3.63, 3.8) is 0 Å². The highest BCUT2D eigenvalue weighted by Crippen LogP contribution is 2.15. The number of aromatic nitrogens is 1. The van der Waals surface area contributed by atoms with E-state index in [0.29, 0.717) is 31.7 Å². The van der Waals surface area contributed by atoms with Crippen LogP contribution in [-0.4, -0.2) is 49.6 Å². The van der Waals surface area contributed by atoms with Gasteiger partial charge in [-0.3, -0.25) is 9.78 Å². The maximum atomic E-state index is 12.4. The molecule has 0 radical (unpaired) electrons. The number of nitriles is 1. The molecule has 1 N–H and O–H groups in total. The Morgan fingerprint density at radius 3 is 3.00 bits per heavy atom. The lowest BCUT2D eigenvalue weighted by Gasteiger charge is -2.22. The first-order valence-electron chi connectivity index (χ1n) is 6.01. The minimum atomic E-state index is -0.148. The number of methoxy groups -OCH3 is 1. The number of hydrogen-bond acceptors (Lipinski definition) is 5.